The number of hydrogen-bond donors (Lipinski definition) is 2. The molecule has 0 aliphatic carbocycles. The highest BCUT2D eigenvalue weighted by molar-refractivity contribution is 6.19. The molecule has 0 fully saturated rings. The van der Waals surface area contributed by atoms with Crippen molar-refractivity contribution < 1.29 is 23.1 Å². The number of allylic oxidation sites excluding steroid dienone is 1. The second-order valence-corrected chi connectivity index (χ2v) is 7.53. The number of carbonyl (C=O) groups is 1. The zero-order valence-corrected chi connectivity index (χ0v) is 17.4. The number of aliphatic hydroxyl groups excluding tert-OH is 1. The molecule has 2 N–H and O–H groups in total. The normalized spacial score (nSPS) is 13.9. The van der Waals surface area contributed by atoms with Crippen LogP contribution in [-0.4, -0.2) is 40.9 Å². The highest BCUT2D eigenvalue weighted by Crippen LogP contribution is 2.25. The van der Waals surface area contributed by atoms with Crippen LogP contribution < -0.4 is 5.32 Å². The molecule has 33 heavy (non-hydrogen) atoms. The smallest absolute Gasteiger partial charge is 0.252 e. The zero-order chi connectivity index (χ0) is 23.4. The molecule has 8 heteroatoms. The fraction of sp³-hybridized carbons (Fsp3) is 0.160. The molecule has 0 saturated heterocycles. The van der Waals surface area contributed by atoms with E-state index in [1.807, 2.05) is 0 Å². The lowest BCUT2D eigenvalue weighted by molar-refractivity contribution is 0.0915. The van der Waals surface area contributed by atoms with Crippen LogP contribution in [0.1, 0.15) is 27.2 Å². The first-order valence-corrected chi connectivity index (χ1v) is 10.3. The van der Waals surface area contributed by atoms with Gasteiger partial charge in [0.05, 0.1) is 36.2 Å². The Morgan fingerprint density at radius 1 is 1.03 bits per heavy atom. The molecule has 2 heterocycles. The van der Waals surface area contributed by atoms with Crippen LogP contribution in [0.25, 0.3) is 5.57 Å². The summed E-state index contributed by atoms with van der Waals surface area (Å²) in [6.45, 7) is -0.198. The van der Waals surface area contributed by atoms with Gasteiger partial charge < -0.3 is 10.4 Å². The molecule has 0 spiro atoms. The van der Waals surface area contributed by atoms with Gasteiger partial charge in [-0.3, -0.25) is 14.8 Å². The number of benzene rings is 2. The lowest BCUT2D eigenvalue weighted by Gasteiger charge is -2.18. The van der Waals surface area contributed by atoms with Crippen molar-refractivity contribution >= 4 is 17.2 Å². The van der Waals surface area contributed by atoms with E-state index in [1.54, 1.807) is 18.2 Å². The van der Waals surface area contributed by atoms with Crippen molar-refractivity contribution in [3.63, 3.8) is 0 Å². The van der Waals surface area contributed by atoms with Gasteiger partial charge in [0.25, 0.3) is 5.91 Å². The molecule has 5 nitrogen and oxygen atoms in total. The average molecular weight is 451 g/mol. The van der Waals surface area contributed by atoms with E-state index in [1.165, 1.54) is 48.7 Å². The van der Waals surface area contributed by atoms with Crippen molar-refractivity contribution in [2.24, 2.45) is 4.99 Å². The number of nitrogens with one attached hydrogen (secondary N) is 1. The maximum atomic E-state index is 14.8. The monoisotopic (exact) mass is 451 g/mol. The van der Waals surface area contributed by atoms with Gasteiger partial charge in [0.1, 0.15) is 17.5 Å². The Morgan fingerprint density at radius 2 is 1.79 bits per heavy atom. The van der Waals surface area contributed by atoms with Gasteiger partial charge in [-0.2, -0.15) is 0 Å². The lowest BCUT2D eigenvalue weighted by Crippen LogP contribution is -2.40. The van der Waals surface area contributed by atoms with Gasteiger partial charge in [0, 0.05) is 18.2 Å². The maximum Gasteiger partial charge on any atom is 0.252 e. The molecule has 3 aromatic rings. The Kier molecular flexibility index (Phi) is 6.65. The summed E-state index contributed by atoms with van der Waals surface area (Å²) >= 11 is 0. The minimum absolute atomic E-state index is 0.0211. The molecule has 1 aromatic heterocycles. The third-order valence-electron chi connectivity index (χ3n) is 5.29. The van der Waals surface area contributed by atoms with E-state index in [2.05, 4.69) is 15.3 Å². The summed E-state index contributed by atoms with van der Waals surface area (Å²) in [5.41, 5.74) is 1.95. The molecule has 1 atom stereocenters. The number of pyridine rings is 1. The van der Waals surface area contributed by atoms with E-state index in [4.69, 9.17) is 0 Å². The van der Waals surface area contributed by atoms with Crippen LogP contribution in [0.4, 0.5) is 13.2 Å². The van der Waals surface area contributed by atoms with Crippen molar-refractivity contribution in [2.75, 3.05) is 13.2 Å². The Labute approximate surface area is 188 Å². The van der Waals surface area contributed by atoms with Crippen molar-refractivity contribution in [3.8, 4) is 0 Å². The molecule has 0 saturated carbocycles. The highest BCUT2D eigenvalue weighted by Gasteiger charge is 2.24. The molecule has 0 radical (unpaired) electrons. The first-order chi connectivity index (χ1) is 16.0. The predicted molar refractivity (Wildman–Crippen MR) is 118 cm³/mol. The first kappa shape index (κ1) is 22.4. The van der Waals surface area contributed by atoms with Gasteiger partial charge >= 0.3 is 0 Å². The van der Waals surface area contributed by atoms with E-state index in [0.29, 0.717) is 0 Å². The van der Waals surface area contributed by atoms with Gasteiger partial charge in [-0.1, -0.05) is 18.2 Å². The summed E-state index contributed by atoms with van der Waals surface area (Å²) in [6, 6.07) is 11.8. The van der Waals surface area contributed by atoms with E-state index < -0.39 is 30.2 Å². The number of halogens is 3. The van der Waals surface area contributed by atoms with Gasteiger partial charge in [0.15, 0.2) is 0 Å². The van der Waals surface area contributed by atoms with Crippen LogP contribution in [-0.2, 0) is 6.42 Å². The molecule has 2 aromatic carbocycles. The minimum atomic E-state index is -0.825. The van der Waals surface area contributed by atoms with E-state index >= 15 is 0 Å². The van der Waals surface area contributed by atoms with Crippen LogP contribution in [0.2, 0.25) is 0 Å². The van der Waals surface area contributed by atoms with Crippen molar-refractivity contribution in [2.45, 2.75) is 12.5 Å². The van der Waals surface area contributed by atoms with Crippen LogP contribution in [0.15, 0.2) is 71.9 Å². The largest absolute Gasteiger partial charge is 0.394 e. The molecular formula is C25H20F3N3O2. The van der Waals surface area contributed by atoms with Gasteiger partial charge in [0.2, 0.25) is 0 Å². The van der Waals surface area contributed by atoms with Crippen LogP contribution in [0.5, 0.6) is 0 Å². The molecular weight excluding hydrogens is 431 g/mol. The molecule has 1 amide bonds. The summed E-state index contributed by atoms with van der Waals surface area (Å²) in [7, 11) is 0. The Morgan fingerprint density at radius 3 is 2.52 bits per heavy atom. The first-order valence-electron chi connectivity index (χ1n) is 10.3. The molecule has 4 rings (SSSR count). The second kappa shape index (κ2) is 9.79. The lowest BCUT2D eigenvalue weighted by atomic mass is 9.99. The standard InChI is InChI=1S/C25H20F3N3O2/c26-17-8-6-15(7-9-17)16-11-23(30-13-16)24-19(3-1-4-21(24)28)25(33)31-18(14-32)12-22-20(27)5-2-10-29-22/h1-11,18,32H,12-14H2,(H,31,33)/t18-/m1/s1. The van der Waals surface area contributed by atoms with Crippen LogP contribution in [0, 0.1) is 17.5 Å². The maximum absolute atomic E-state index is 14.8. The number of amides is 1. The summed E-state index contributed by atoms with van der Waals surface area (Å²) in [5.74, 6) is -2.17. The third kappa shape index (κ3) is 5.01. The Bertz CT molecular complexity index is 1240. The van der Waals surface area contributed by atoms with Crippen molar-refractivity contribution in [1.82, 2.24) is 10.3 Å². The molecule has 1 aliphatic rings. The summed E-state index contributed by atoms with van der Waals surface area (Å²) in [4.78, 5) is 21.3. The predicted octanol–water partition coefficient (Wildman–Crippen LogP) is 3.72. The number of aliphatic hydroxyl groups is 1. The van der Waals surface area contributed by atoms with Crippen LogP contribution in [0.3, 0.4) is 0 Å². The fourth-order valence-electron chi connectivity index (χ4n) is 3.62. The second-order valence-electron chi connectivity index (χ2n) is 7.53. The minimum Gasteiger partial charge on any atom is -0.394 e. The molecule has 0 bridgehead atoms. The Balaban J connectivity index is 1.58. The average Bonchev–Trinajstić information content (AvgIpc) is 3.30. The van der Waals surface area contributed by atoms with Crippen molar-refractivity contribution in [3.05, 3.63) is 107 Å². The SMILES string of the molecule is O=C(N[C@@H](CO)Cc1ncccc1F)c1cccc(F)c1C1=NCC(c2ccc(F)cc2)=C1. The van der Waals surface area contributed by atoms with E-state index in [0.717, 1.165) is 11.1 Å². The highest BCUT2D eigenvalue weighted by atomic mass is 19.1. The molecule has 168 valence electrons. The number of rotatable bonds is 7. The summed E-state index contributed by atoms with van der Waals surface area (Å²) in [5, 5.41) is 12.3. The van der Waals surface area contributed by atoms with Gasteiger partial charge in [-0.15, -0.1) is 0 Å². The zero-order valence-electron chi connectivity index (χ0n) is 17.4. The number of carbonyl (C=O) groups excluding carboxylic acids is 1. The Hall–Kier alpha value is -3.78. The number of aromatic nitrogens is 1. The third-order valence-corrected chi connectivity index (χ3v) is 5.29. The molecule has 0 unspecified atom stereocenters. The molecule has 1 aliphatic heterocycles. The van der Waals surface area contributed by atoms with Gasteiger partial charge in [-0.25, -0.2) is 13.2 Å². The van der Waals surface area contributed by atoms with Crippen molar-refractivity contribution in [1.29, 1.82) is 0 Å². The summed E-state index contributed by atoms with van der Waals surface area (Å²) < 4.78 is 42.0. The van der Waals surface area contributed by atoms with Gasteiger partial charge in [-0.05, 0) is 53.6 Å². The fourth-order valence-corrected chi connectivity index (χ4v) is 3.62. The summed E-state index contributed by atoms with van der Waals surface area (Å²) in [6.07, 6.45) is 3.05. The number of nitrogens with zero attached hydrogens (tertiary/aromatic N) is 2. The topological polar surface area (TPSA) is 74.6 Å². The quantitative estimate of drug-likeness (QED) is 0.575. The number of aliphatic imine (C=N–C) groups is 1. The van der Waals surface area contributed by atoms with E-state index in [9.17, 15) is 23.1 Å². The number of hydrogen-bond acceptors (Lipinski definition) is 4. The van der Waals surface area contributed by atoms with E-state index in [-0.39, 0.29) is 41.3 Å². The van der Waals surface area contributed by atoms with Crippen LogP contribution >= 0.6 is 0 Å².